The number of nitrogens with one attached hydrogen (secondary N) is 1. The second-order valence-electron chi connectivity index (χ2n) is 4.87. The van der Waals surface area contributed by atoms with E-state index in [1.54, 1.807) is 19.4 Å². The van der Waals surface area contributed by atoms with Crippen LogP contribution in [0.5, 0.6) is 0 Å². The Kier molecular flexibility index (Phi) is 3.86. The van der Waals surface area contributed by atoms with E-state index in [9.17, 15) is 8.42 Å². The minimum atomic E-state index is -3.42. The number of methoxy groups -OCH3 is 1. The summed E-state index contributed by atoms with van der Waals surface area (Å²) in [5.41, 5.74) is 1.61. The van der Waals surface area contributed by atoms with Gasteiger partial charge in [0.2, 0.25) is 11.5 Å². The molecule has 0 radical (unpaired) electrons. The van der Waals surface area contributed by atoms with Crippen molar-refractivity contribution in [2.75, 3.05) is 13.4 Å². The van der Waals surface area contributed by atoms with Crippen LogP contribution in [0.3, 0.4) is 0 Å². The van der Waals surface area contributed by atoms with E-state index in [1.807, 2.05) is 13.0 Å². The normalized spacial score (nSPS) is 25.4. The van der Waals surface area contributed by atoms with Gasteiger partial charge in [0.25, 0.3) is 10.0 Å². The second-order valence-corrected chi connectivity index (χ2v) is 6.59. The van der Waals surface area contributed by atoms with Crippen LogP contribution in [0.4, 0.5) is 0 Å². The van der Waals surface area contributed by atoms with Gasteiger partial charge in [-0.05, 0) is 23.4 Å². The molecule has 1 N–H and O–H groups in total. The summed E-state index contributed by atoms with van der Waals surface area (Å²) >= 11 is 0. The van der Waals surface area contributed by atoms with E-state index >= 15 is 0 Å². The second kappa shape index (κ2) is 5.16. The minimum Gasteiger partial charge on any atom is -0.491 e. The van der Waals surface area contributed by atoms with E-state index in [4.69, 9.17) is 4.74 Å². The highest BCUT2D eigenvalue weighted by atomic mass is 32.2. The molecule has 110 valence electrons. The van der Waals surface area contributed by atoms with Gasteiger partial charge in [0.05, 0.1) is 13.4 Å². The average Bonchev–Trinajstić information content (AvgIpc) is 2.61. The molecule has 2 aliphatic heterocycles. The summed E-state index contributed by atoms with van der Waals surface area (Å²) < 4.78 is 28.8. The van der Waals surface area contributed by atoms with Gasteiger partial charge in [-0.15, -0.1) is 4.59 Å². The van der Waals surface area contributed by atoms with Gasteiger partial charge in [0, 0.05) is 6.92 Å². The maximum atomic E-state index is 11.7. The summed E-state index contributed by atoms with van der Waals surface area (Å²) in [6, 6.07) is 0. The first-order valence-corrected chi connectivity index (χ1v) is 8.34. The average molecular weight is 298 g/mol. The lowest BCUT2D eigenvalue weighted by Crippen LogP contribution is -2.57. The van der Waals surface area contributed by atoms with Gasteiger partial charge in [-0.3, -0.25) is 0 Å². The smallest absolute Gasteiger partial charge is 0.251 e. The van der Waals surface area contributed by atoms with Crippen molar-refractivity contribution in [1.29, 1.82) is 0 Å². The number of fused-ring (bicyclic) bond motifs is 1. The first-order valence-electron chi connectivity index (χ1n) is 6.45. The molecule has 0 aromatic heterocycles. The molecule has 0 fully saturated rings. The van der Waals surface area contributed by atoms with E-state index in [0.29, 0.717) is 11.6 Å². The van der Waals surface area contributed by atoms with Crippen LogP contribution in [0.1, 0.15) is 26.7 Å². The lowest BCUT2D eigenvalue weighted by atomic mass is 10.1. The molecule has 6 nitrogen and oxygen atoms in total. The summed E-state index contributed by atoms with van der Waals surface area (Å²) in [6.07, 6.45) is 8.19. The predicted molar refractivity (Wildman–Crippen MR) is 77.5 cm³/mol. The van der Waals surface area contributed by atoms with Crippen molar-refractivity contribution < 1.29 is 17.7 Å². The topological polar surface area (TPSA) is 67.8 Å². The molecule has 0 aromatic carbocycles. The van der Waals surface area contributed by atoms with E-state index in [-0.39, 0.29) is 4.59 Å². The third-order valence-corrected chi connectivity index (χ3v) is 3.86. The number of nitrogens with zero attached hydrogens (tertiary/aromatic N) is 2. The Balaban J connectivity index is 2.61. The zero-order chi connectivity index (χ0) is 15.0. The quantitative estimate of drug-likeness (QED) is 0.787. The van der Waals surface area contributed by atoms with Crippen LogP contribution in [0.15, 0.2) is 40.5 Å². The molecule has 0 aromatic rings. The molecule has 0 saturated heterocycles. The molecule has 2 aliphatic rings. The van der Waals surface area contributed by atoms with Gasteiger partial charge in [-0.1, -0.05) is 13.3 Å². The Bertz CT molecular complexity index is 644. The summed E-state index contributed by atoms with van der Waals surface area (Å²) in [6.45, 7) is 3.87. The third kappa shape index (κ3) is 2.44. The van der Waals surface area contributed by atoms with Gasteiger partial charge in [0.15, 0.2) is 5.76 Å². The number of hydrogen-bond donors (Lipinski definition) is 1. The Hall–Kier alpha value is -1.44. The van der Waals surface area contributed by atoms with Gasteiger partial charge in [-0.25, -0.2) is 8.42 Å². The molecule has 0 spiro atoms. The van der Waals surface area contributed by atoms with Crippen LogP contribution in [-0.4, -0.2) is 32.2 Å². The van der Waals surface area contributed by atoms with Crippen LogP contribution in [0.25, 0.3) is 0 Å². The molecule has 0 amide bonds. The summed E-state index contributed by atoms with van der Waals surface area (Å²) in [5, 5.41) is 0. The fraction of sp³-hybridized carbons (Fsp3) is 0.462. The van der Waals surface area contributed by atoms with Crippen molar-refractivity contribution in [2.24, 2.45) is 4.99 Å². The number of amidine groups is 1. The molecule has 1 atom stereocenters. The Morgan fingerprint density at radius 3 is 2.70 bits per heavy atom. The Morgan fingerprint density at radius 1 is 1.45 bits per heavy atom. The van der Waals surface area contributed by atoms with Crippen molar-refractivity contribution in [1.82, 2.24) is 4.83 Å². The fourth-order valence-corrected chi connectivity index (χ4v) is 3.32. The number of hydrogen-bond acceptors (Lipinski definition) is 4. The largest absolute Gasteiger partial charge is 0.491 e. The zero-order valence-corrected chi connectivity index (χ0v) is 13.0. The van der Waals surface area contributed by atoms with Crippen LogP contribution in [0, 0.1) is 0 Å². The highest BCUT2D eigenvalue weighted by molar-refractivity contribution is 7.88. The number of aliphatic imine (C=N–C) groups is 1. The molecule has 2 heterocycles. The molecule has 0 saturated carbocycles. The van der Waals surface area contributed by atoms with Crippen LogP contribution < -0.4 is 4.83 Å². The zero-order valence-electron chi connectivity index (χ0n) is 12.2. The highest BCUT2D eigenvalue weighted by Gasteiger charge is 2.48. The summed E-state index contributed by atoms with van der Waals surface area (Å²) in [4.78, 5) is 7.20. The molecule has 7 heteroatoms. The van der Waals surface area contributed by atoms with E-state index in [2.05, 4.69) is 16.7 Å². The number of sulfonamides is 1. The number of rotatable bonds is 5. The first-order chi connectivity index (χ1) is 9.34. The van der Waals surface area contributed by atoms with E-state index < -0.39 is 10.0 Å². The highest BCUT2D eigenvalue weighted by Crippen LogP contribution is 2.38. The van der Waals surface area contributed by atoms with E-state index in [1.165, 1.54) is 0 Å². The Labute approximate surface area is 119 Å². The molecule has 0 aliphatic carbocycles. The SMILES string of the molecule is CCCC1=C2C(OC)=CC=C[N+]2(NS(C)(=O)=O)C(C)=N1. The molecule has 0 bridgehead atoms. The lowest BCUT2D eigenvalue weighted by molar-refractivity contribution is -0.778. The van der Waals surface area contributed by atoms with Gasteiger partial charge in [-0.2, -0.15) is 4.99 Å². The fourth-order valence-electron chi connectivity index (χ4n) is 2.51. The Morgan fingerprint density at radius 2 is 2.15 bits per heavy atom. The lowest BCUT2D eigenvalue weighted by Gasteiger charge is -2.32. The van der Waals surface area contributed by atoms with Crippen LogP contribution in [-0.2, 0) is 14.8 Å². The van der Waals surface area contributed by atoms with Gasteiger partial charge >= 0.3 is 0 Å². The minimum absolute atomic E-state index is 0.117. The predicted octanol–water partition coefficient (Wildman–Crippen LogP) is 1.77. The van der Waals surface area contributed by atoms with Crippen molar-refractivity contribution in [3.8, 4) is 0 Å². The monoisotopic (exact) mass is 298 g/mol. The number of quaternary nitrogens is 1. The van der Waals surface area contributed by atoms with Crippen LogP contribution >= 0.6 is 0 Å². The van der Waals surface area contributed by atoms with Crippen molar-refractivity contribution in [3.05, 3.63) is 35.5 Å². The first kappa shape index (κ1) is 15.0. The molecular formula is C13H20N3O3S+. The van der Waals surface area contributed by atoms with Crippen LogP contribution in [0.2, 0.25) is 0 Å². The van der Waals surface area contributed by atoms with Crippen molar-refractivity contribution in [3.63, 3.8) is 0 Å². The number of ether oxygens (including phenoxy) is 1. The summed E-state index contributed by atoms with van der Waals surface area (Å²) in [7, 11) is -1.84. The maximum Gasteiger partial charge on any atom is 0.251 e. The molecular weight excluding hydrogens is 278 g/mol. The van der Waals surface area contributed by atoms with Crippen molar-refractivity contribution in [2.45, 2.75) is 26.7 Å². The van der Waals surface area contributed by atoms with Crippen molar-refractivity contribution >= 4 is 15.9 Å². The van der Waals surface area contributed by atoms with E-state index in [0.717, 1.165) is 30.5 Å². The molecule has 2 rings (SSSR count). The van der Waals surface area contributed by atoms with Gasteiger partial charge < -0.3 is 4.74 Å². The number of allylic oxidation sites excluding steroid dienone is 3. The molecule has 1 unspecified atom stereocenters. The van der Waals surface area contributed by atoms with Gasteiger partial charge in [0.1, 0.15) is 11.9 Å². The standard InChI is InChI=1S/C13H20N3O3S/c1-5-7-11-13-12(19-3)8-6-9-16(13,10(2)14-11)15-20(4,17)18/h6,8-9,15H,5,7H2,1-4H3/q+1. The molecule has 20 heavy (non-hydrogen) atoms. The third-order valence-electron chi connectivity index (χ3n) is 3.24. The maximum absolute atomic E-state index is 11.7. The summed E-state index contributed by atoms with van der Waals surface area (Å²) in [5.74, 6) is 1.29.